The summed E-state index contributed by atoms with van der Waals surface area (Å²) < 4.78 is 14.4. The van der Waals surface area contributed by atoms with Crippen molar-refractivity contribution in [3.63, 3.8) is 0 Å². The second kappa shape index (κ2) is 32.5. The molecule has 1 aliphatic rings. The third-order valence-corrected chi connectivity index (χ3v) is 6.83. The van der Waals surface area contributed by atoms with Crippen LogP contribution >= 0.6 is 0 Å². The van der Waals surface area contributed by atoms with Crippen LogP contribution in [0.2, 0.25) is 0 Å². The molecule has 0 aliphatic carbocycles. The number of hydrogen-bond acceptors (Lipinski definition) is 14. The Morgan fingerprint density at radius 3 is 1.63 bits per heavy atom. The predicted molar refractivity (Wildman–Crippen MR) is 181 cm³/mol. The molecule has 0 saturated carbocycles. The van der Waals surface area contributed by atoms with E-state index in [2.05, 4.69) is 21.9 Å². The van der Waals surface area contributed by atoms with E-state index in [-0.39, 0.29) is 25.3 Å². The summed E-state index contributed by atoms with van der Waals surface area (Å²) in [5, 5.41) is 28.0. The molecular weight excluding hydrogens is 646 g/mol. The summed E-state index contributed by atoms with van der Waals surface area (Å²) in [6.07, 6.45) is 0.873. The normalized spacial score (nSPS) is 14.7. The number of hydrogen-bond donors (Lipinski definition) is 4. The van der Waals surface area contributed by atoms with E-state index < -0.39 is 11.9 Å². The third kappa shape index (κ3) is 28.7. The van der Waals surface area contributed by atoms with Crippen LogP contribution in [0.3, 0.4) is 0 Å². The minimum atomic E-state index is -0.907. The smallest absolute Gasteiger partial charge is 0.317 e. The van der Waals surface area contributed by atoms with E-state index in [1.165, 1.54) is 0 Å². The van der Waals surface area contributed by atoms with Crippen molar-refractivity contribution in [3.05, 3.63) is 29.8 Å². The monoisotopic (exact) mass is 701 g/mol. The van der Waals surface area contributed by atoms with Gasteiger partial charge in [0.05, 0.1) is 40.0 Å². The zero-order valence-corrected chi connectivity index (χ0v) is 29.2. The van der Waals surface area contributed by atoms with Crippen molar-refractivity contribution in [1.82, 2.24) is 24.9 Å². The number of benzene rings is 1. The summed E-state index contributed by atoms with van der Waals surface area (Å²) in [7, 11) is 3.45. The first-order chi connectivity index (χ1) is 23.5. The SMILES string of the molecule is CCN1CCN(CC=O)CCN(CC(=O)O)CCN(CC(=O)O)CC1.CNCCOCCOC=O.COc1ccc(C(C)=O)cc1.O=CO. The zero-order chi connectivity index (χ0) is 37.3. The average molecular weight is 702 g/mol. The summed E-state index contributed by atoms with van der Waals surface area (Å²) in [6.45, 7) is 12.2. The molecule has 0 bridgehead atoms. The highest BCUT2D eigenvalue weighted by Gasteiger charge is 2.18. The molecule has 1 heterocycles. The summed E-state index contributed by atoms with van der Waals surface area (Å²) in [4.78, 5) is 69.7. The Bertz CT molecular complexity index is 1030. The van der Waals surface area contributed by atoms with Crippen LogP contribution < -0.4 is 10.1 Å². The van der Waals surface area contributed by atoms with Gasteiger partial charge in [0.15, 0.2) is 5.78 Å². The number of carboxylic acids is 2. The number of ketones is 1. The van der Waals surface area contributed by atoms with Crippen molar-refractivity contribution in [2.75, 3.05) is 119 Å². The van der Waals surface area contributed by atoms with Crippen LogP contribution in [-0.2, 0) is 33.4 Å². The fourth-order valence-electron chi connectivity index (χ4n) is 4.14. The maximum absolute atomic E-state index is 11.1. The van der Waals surface area contributed by atoms with Crippen LogP contribution in [0.4, 0.5) is 0 Å². The number of carboxylic acid groups (broad SMARTS) is 3. The first-order valence-electron chi connectivity index (χ1n) is 15.8. The molecule has 0 spiro atoms. The highest BCUT2D eigenvalue weighted by Crippen LogP contribution is 2.11. The molecule has 0 unspecified atom stereocenters. The second-order valence-corrected chi connectivity index (χ2v) is 10.3. The zero-order valence-electron chi connectivity index (χ0n) is 29.2. The van der Waals surface area contributed by atoms with Gasteiger partial charge in [0.2, 0.25) is 0 Å². The van der Waals surface area contributed by atoms with Crippen LogP contribution in [0.1, 0.15) is 24.2 Å². The van der Waals surface area contributed by atoms with E-state index in [9.17, 15) is 24.0 Å². The average Bonchev–Trinajstić information content (AvgIpc) is 3.07. The molecular formula is C32H55N5O12. The summed E-state index contributed by atoms with van der Waals surface area (Å²) >= 11 is 0. The van der Waals surface area contributed by atoms with Gasteiger partial charge in [0, 0.05) is 64.5 Å². The van der Waals surface area contributed by atoms with Crippen LogP contribution in [-0.4, -0.2) is 191 Å². The van der Waals surface area contributed by atoms with Crippen LogP contribution in [0.5, 0.6) is 5.75 Å². The molecule has 280 valence electrons. The molecule has 2 rings (SSSR count). The number of nitrogens with one attached hydrogen (secondary N) is 1. The van der Waals surface area contributed by atoms with E-state index in [4.69, 9.17) is 29.6 Å². The van der Waals surface area contributed by atoms with Gasteiger partial charge in [-0.3, -0.25) is 38.7 Å². The van der Waals surface area contributed by atoms with E-state index in [0.29, 0.717) is 71.1 Å². The van der Waals surface area contributed by atoms with Crippen LogP contribution in [0.25, 0.3) is 0 Å². The highest BCUT2D eigenvalue weighted by molar-refractivity contribution is 5.94. The number of methoxy groups -OCH3 is 1. The molecule has 4 N–H and O–H groups in total. The maximum atomic E-state index is 11.1. The molecule has 0 radical (unpaired) electrons. The minimum Gasteiger partial charge on any atom is -0.497 e. The van der Waals surface area contributed by atoms with Crippen molar-refractivity contribution >= 4 is 37.0 Å². The van der Waals surface area contributed by atoms with Gasteiger partial charge in [0.1, 0.15) is 18.6 Å². The molecule has 1 aromatic rings. The standard InChI is InChI=1S/C16H30N4O5.C9H10O2.C6H13NO3.CH2O2/c1-2-17-3-5-18(11-12-21)6-8-20(14-16(24)25)10-9-19(7-4-17)13-15(22)23;1-7(10)8-3-5-9(11-2)6-4-8;1-7-2-3-9-4-5-10-6-8;2-1-3/h12H,2-11,13-14H2,1H3,(H,22,23)(H,24,25);3-6H,1-2H3;6-7H,2-5H2,1H3;1H,(H,2,3). The number of Topliss-reactive ketones (excluding diaryl/α,β-unsaturated/α-hetero) is 1. The van der Waals surface area contributed by atoms with Gasteiger partial charge in [-0.2, -0.15) is 0 Å². The Morgan fingerprint density at radius 1 is 0.796 bits per heavy atom. The van der Waals surface area contributed by atoms with Crippen LogP contribution in [0, 0.1) is 0 Å². The first-order valence-corrected chi connectivity index (χ1v) is 15.8. The van der Waals surface area contributed by atoms with Crippen molar-refractivity contribution in [2.45, 2.75) is 13.8 Å². The molecule has 1 aliphatic heterocycles. The fraction of sp³-hybridized carbons (Fsp3) is 0.625. The second-order valence-electron chi connectivity index (χ2n) is 10.3. The predicted octanol–water partition coefficient (Wildman–Crippen LogP) is -0.410. The summed E-state index contributed by atoms with van der Waals surface area (Å²) in [6, 6.07) is 7.05. The molecule has 0 aromatic heterocycles. The Labute approximate surface area is 288 Å². The lowest BCUT2D eigenvalue weighted by Gasteiger charge is -2.32. The van der Waals surface area contributed by atoms with Crippen molar-refractivity contribution < 1.29 is 58.3 Å². The Balaban J connectivity index is 0. The van der Waals surface area contributed by atoms with Gasteiger partial charge < -0.3 is 44.5 Å². The number of carbonyl (C=O) groups excluding carboxylic acids is 3. The minimum absolute atomic E-state index is 0.0459. The van der Waals surface area contributed by atoms with Gasteiger partial charge >= 0.3 is 11.9 Å². The number of likely N-dealkylation sites (N-methyl/N-ethyl adjacent to an activating group) is 2. The third-order valence-electron chi connectivity index (χ3n) is 6.83. The van der Waals surface area contributed by atoms with Gasteiger partial charge in [-0.25, -0.2) is 0 Å². The molecule has 17 heteroatoms. The number of carbonyl (C=O) groups is 6. The Kier molecular flexibility index (Phi) is 31.3. The Morgan fingerprint density at radius 2 is 1.27 bits per heavy atom. The van der Waals surface area contributed by atoms with Crippen molar-refractivity contribution in [1.29, 1.82) is 0 Å². The van der Waals surface area contributed by atoms with E-state index in [1.54, 1.807) is 43.2 Å². The van der Waals surface area contributed by atoms with E-state index in [1.807, 2.05) is 16.8 Å². The Hall–Kier alpha value is -4.00. The lowest BCUT2D eigenvalue weighted by atomic mass is 10.1. The molecule has 0 amide bonds. The van der Waals surface area contributed by atoms with E-state index in [0.717, 1.165) is 44.8 Å². The molecule has 0 atom stereocenters. The molecule has 1 fully saturated rings. The van der Waals surface area contributed by atoms with Crippen molar-refractivity contribution in [3.8, 4) is 5.75 Å². The first kappa shape index (κ1) is 47.1. The number of aliphatic carboxylic acids is 2. The van der Waals surface area contributed by atoms with Crippen molar-refractivity contribution in [2.24, 2.45) is 0 Å². The number of aldehydes is 1. The molecule has 49 heavy (non-hydrogen) atoms. The quantitative estimate of drug-likeness (QED) is 0.0979. The number of nitrogens with zero attached hydrogens (tertiary/aromatic N) is 4. The van der Waals surface area contributed by atoms with Gasteiger partial charge in [-0.1, -0.05) is 6.92 Å². The van der Waals surface area contributed by atoms with Crippen LogP contribution in [0.15, 0.2) is 24.3 Å². The molecule has 1 saturated heterocycles. The molecule has 1 aromatic carbocycles. The van der Waals surface area contributed by atoms with Gasteiger partial charge in [0.25, 0.3) is 12.9 Å². The summed E-state index contributed by atoms with van der Waals surface area (Å²) in [5.74, 6) is -0.935. The fourth-order valence-corrected chi connectivity index (χ4v) is 4.14. The summed E-state index contributed by atoms with van der Waals surface area (Å²) in [5.41, 5.74) is 0.714. The topological polar surface area (TPSA) is 216 Å². The largest absolute Gasteiger partial charge is 0.497 e. The highest BCUT2D eigenvalue weighted by atomic mass is 16.5. The molecule has 17 nitrogen and oxygen atoms in total. The lowest BCUT2D eigenvalue weighted by Crippen LogP contribution is -2.47. The van der Waals surface area contributed by atoms with Gasteiger partial charge in [-0.05, 0) is 44.8 Å². The number of ether oxygens (including phenoxy) is 3. The van der Waals surface area contributed by atoms with Gasteiger partial charge in [-0.15, -0.1) is 0 Å². The van der Waals surface area contributed by atoms with E-state index >= 15 is 0 Å². The lowest BCUT2D eigenvalue weighted by molar-refractivity contribution is -0.140. The number of rotatable bonds is 16. The maximum Gasteiger partial charge on any atom is 0.317 e.